The fourth-order valence-electron chi connectivity index (χ4n) is 5.33. The van der Waals surface area contributed by atoms with Gasteiger partial charge < -0.3 is 15.0 Å². The lowest BCUT2D eigenvalue weighted by Gasteiger charge is -2.39. The van der Waals surface area contributed by atoms with Crippen molar-refractivity contribution in [3.8, 4) is 0 Å². The van der Waals surface area contributed by atoms with Crippen LogP contribution >= 0.6 is 0 Å². The van der Waals surface area contributed by atoms with E-state index in [1.54, 1.807) is 0 Å². The minimum atomic E-state index is -0.107. The standard InChI is InChI=1S/C28H39N3O2/c1-22-19-31(20-23(2)33-22)21-24-13-16-30(17-14-24)18-15-27(32)29-28(25-9-5-3-6-10-25)26-11-7-4-8-12-26/h3-12,22-24,28H,13-21H2,1-2H3,(H,29,32). The molecule has 5 heteroatoms. The van der Waals surface area contributed by atoms with Crippen molar-refractivity contribution >= 4 is 5.91 Å². The number of benzene rings is 2. The number of carbonyl (C=O) groups excluding carboxylic acids is 1. The largest absolute Gasteiger partial charge is 0.373 e. The number of morpholine rings is 1. The van der Waals surface area contributed by atoms with Gasteiger partial charge in [0.05, 0.1) is 18.2 Å². The summed E-state index contributed by atoms with van der Waals surface area (Å²) >= 11 is 0. The van der Waals surface area contributed by atoms with Crippen LogP contribution in [0.5, 0.6) is 0 Å². The topological polar surface area (TPSA) is 44.8 Å². The molecule has 2 aliphatic rings. The number of amides is 1. The van der Waals surface area contributed by atoms with Crippen molar-refractivity contribution in [3.63, 3.8) is 0 Å². The molecule has 2 atom stereocenters. The molecule has 0 aliphatic carbocycles. The Morgan fingerprint density at radius 2 is 1.45 bits per heavy atom. The molecule has 0 aromatic heterocycles. The maximum absolute atomic E-state index is 12.9. The Morgan fingerprint density at radius 3 is 2.00 bits per heavy atom. The van der Waals surface area contributed by atoms with Crippen molar-refractivity contribution in [3.05, 3.63) is 71.8 Å². The zero-order valence-electron chi connectivity index (χ0n) is 20.2. The minimum Gasteiger partial charge on any atom is -0.373 e. The lowest BCUT2D eigenvalue weighted by Crippen LogP contribution is -2.48. The van der Waals surface area contributed by atoms with Crippen molar-refractivity contribution in [2.24, 2.45) is 5.92 Å². The fraction of sp³-hybridized carbons (Fsp3) is 0.536. The average molecular weight is 450 g/mol. The smallest absolute Gasteiger partial charge is 0.222 e. The van der Waals surface area contributed by atoms with E-state index in [0.29, 0.717) is 18.6 Å². The number of carbonyl (C=O) groups is 1. The first-order chi connectivity index (χ1) is 16.1. The quantitative estimate of drug-likeness (QED) is 0.659. The van der Waals surface area contributed by atoms with Crippen molar-refractivity contribution < 1.29 is 9.53 Å². The lowest BCUT2D eigenvalue weighted by molar-refractivity contribution is -0.122. The van der Waals surface area contributed by atoms with E-state index in [9.17, 15) is 4.79 Å². The van der Waals surface area contributed by atoms with Crippen LogP contribution in [-0.4, -0.2) is 67.2 Å². The Bertz CT molecular complexity index is 802. The molecule has 2 aromatic rings. The van der Waals surface area contributed by atoms with Crippen LogP contribution in [0.3, 0.4) is 0 Å². The van der Waals surface area contributed by atoms with Gasteiger partial charge in [0.2, 0.25) is 5.91 Å². The molecule has 0 radical (unpaired) electrons. The van der Waals surface area contributed by atoms with Crippen molar-refractivity contribution in [1.82, 2.24) is 15.1 Å². The van der Waals surface area contributed by atoms with Crippen LogP contribution in [-0.2, 0) is 9.53 Å². The van der Waals surface area contributed by atoms with Gasteiger partial charge in [0.25, 0.3) is 0 Å². The highest BCUT2D eigenvalue weighted by atomic mass is 16.5. The van der Waals surface area contributed by atoms with Gasteiger partial charge in [-0.05, 0) is 56.8 Å². The van der Waals surface area contributed by atoms with Gasteiger partial charge in [-0.15, -0.1) is 0 Å². The van der Waals surface area contributed by atoms with E-state index in [2.05, 4.69) is 53.2 Å². The summed E-state index contributed by atoms with van der Waals surface area (Å²) in [5, 5.41) is 3.28. The summed E-state index contributed by atoms with van der Waals surface area (Å²) in [5.74, 6) is 0.874. The minimum absolute atomic E-state index is 0.107. The lowest BCUT2D eigenvalue weighted by atomic mass is 9.95. The maximum atomic E-state index is 12.9. The summed E-state index contributed by atoms with van der Waals surface area (Å²) < 4.78 is 5.87. The number of likely N-dealkylation sites (tertiary alicyclic amines) is 1. The third kappa shape index (κ3) is 7.13. The molecule has 1 amide bonds. The predicted molar refractivity (Wildman–Crippen MR) is 133 cm³/mol. The Morgan fingerprint density at radius 1 is 0.909 bits per heavy atom. The predicted octanol–water partition coefficient (Wildman–Crippen LogP) is 4.10. The molecule has 0 saturated carbocycles. The van der Waals surface area contributed by atoms with E-state index in [-0.39, 0.29) is 11.9 Å². The molecule has 178 valence electrons. The molecule has 2 aromatic carbocycles. The van der Waals surface area contributed by atoms with Gasteiger partial charge in [0, 0.05) is 32.6 Å². The van der Waals surface area contributed by atoms with Gasteiger partial charge in [-0.1, -0.05) is 60.7 Å². The van der Waals surface area contributed by atoms with Crippen LogP contribution in [0, 0.1) is 5.92 Å². The van der Waals surface area contributed by atoms with Crippen LogP contribution in [0.4, 0.5) is 0 Å². The van der Waals surface area contributed by atoms with Gasteiger partial charge in [0.1, 0.15) is 0 Å². The van der Waals surface area contributed by atoms with Gasteiger partial charge in [-0.2, -0.15) is 0 Å². The Balaban J connectivity index is 1.23. The number of hydrogen-bond acceptors (Lipinski definition) is 4. The third-order valence-corrected chi connectivity index (χ3v) is 6.95. The second-order valence-corrected chi connectivity index (χ2v) is 9.83. The van der Waals surface area contributed by atoms with Crippen molar-refractivity contribution in [2.45, 2.75) is 51.4 Å². The Labute approximate surface area is 199 Å². The number of rotatable bonds is 8. The molecule has 4 rings (SSSR count). The molecule has 2 aliphatic heterocycles. The van der Waals surface area contributed by atoms with E-state index in [0.717, 1.165) is 49.8 Å². The van der Waals surface area contributed by atoms with Crippen molar-refractivity contribution in [1.29, 1.82) is 0 Å². The number of piperidine rings is 1. The first-order valence-corrected chi connectivity index (χ1v) is 12.6. The molecule has 2 heterocycles. The van der Waals surface area contributed by atoms with E-state index in [1.165, 1.54) is 19.4 Å². The summed E-state index contributed by atoms with van der Waals surface area (Å²) in [7, 11) is 0. The summed E-state index contributed by atoms with van der Waals surface area (Å²) in [6.45, 7) is 10.7. The van der Waals surface area contributed by atoms with E-state index in [1.807, 2.05) is 36.4 Å². The number of ether oxygens (including phenoxy) is 1. The second-order valence-electron chi connectivity index (χ2n) is 9.83. The average Bonchev–Trinajstić information content (AvgIpc) is 2.82. The first kappa shape index (κ1) is 23.9. The fourth-order valence-corrected chi connectivity index (χ4v) is 5.33. The number of nitrogens with zero attached hydrogens (tertiary/aromatic N) is 2. The molecule has 2 unspecified atom stereocenters. The van der Waals surface area contributed by atoms with Gasteiger partial charge in [-0.25, -0.2) is 0 Å². The van der Waals surface area contributed by atoms with E-state index in [4.69, 9.17) is 4.74 Å². The monoisotopic (exact) mass is 449 g/mol. The van der Waals surface area contributed by atoms with E-state index >= 15 is 0 Å². The second kappa shape index (κ2) is 11.8. The maximum Gasteiger partial charge on any atom is 0.222 e. The summed E-state index contributed by atoms with van der Waals surface area (Å²) in [6, 6.07) is 20.4. The van der Waals surface area contributed by atoms with Crippen LogP contribution in [0.15, 0.2) is 60.7 Å². The molecule has 2 saturated heterocycles. The molecular formula is C28H39N3O2. The highest BCUT2D eigenvalue weighted by Gasteiger charge is 2.27. The molecule has 2 fully saturated rings. The first-order valence-electron chi connectivity index (χ1n) is 12.6. The SMILES string of the molecule is CC1CN(CC2CCN(CCC(=O)NC(c3ccccc3)c3ccccc3)CC2)CC(C)O1. The van der Waals surface area contributed by atoms with Crippen LogP contribution in [0.1, 0.15) is 50.3 Å². The molecule has 1 N–H and O–H groups in total. The zero-order valence-corrected chi connectivity index (χ0v) is 20.2. The summed E-state index contributed by atoms with van der Waals surface area (Å²) in [6.07, 6.45) is 3.65. The van der Waals surface area contributed by atoms with Crippen LogP contribution in [0.2, 0.25) is 0 Å². The molecule has 33 heavy (non-hydrogen) atoms. The zero-order chi connectivity index (χ0) is 23.0. The Kier molecular flexibility index (Phi) is 8.54. The highest BCUT2D eigenvalue weighted by molar-refractivity contribution is 5.77. The summed E-state index contributed by atoms with van der Waals surface area (Å²) in [5.41, 5.74) is 2.23. The molecule has 0 spiro atoms. The van der Waals surface area contributed by atoms with Gasteiger partial charge >= 0.3 is 0 Å². The normalized spacial score (nSPS) is 23.0. The number of hydrogen-bond donors (Lipinski definition) is 1. The van der Waals surface area contributed by atoms with Crippen LogP contribution < -0.4 is 5.32 Å². The number of nitrogens with one attached hydrogen (secondary N) is 1. The van der Waals surface area contributed by atoms with Crippen molar-refractivity contribution in [2.75, 3.05) is 39.3 Å². The Hall–Kier alpha value is -2.21. The molecule has 0 bridgehead atoms. The summed E-state index contributed by atoms with van der Waals surface area (Å²) in [4.78, 5) is 17.9. The molecular weight excluding hydrogens is 410 g/mol. The van der Waals surface area contributed by atoms with Crippen LogP contribution in [0.25, 0.3) is 0 Å². The van der Waals surface area contributed by atoms with E-state index < -0.39 is 0 Å². The van der Waals surface area contributed by atoms with Gasteiger partial charge in [-0.3, -0.25) is 9.69 Å². The molecule has 5 nitrogen and oxygen atoms in total. The highest BCUT2D eigenvalue weighted by Crippen LogP contribution is 2.23. The van der Waals surface area contributed by atoms with Gasteiger partial charge in [0.15, 0.2) is 0 Å². The third-order valence-electron chi connectivity index (χ3n) is 6.95.